The number of thioether (sulfide) groups is 2. The zero-order chi connectivity index (χ0) is 19.8. The summed E-state index contributed by atoms with van der Waals surface area (Å²) in [5.41, 5.74) is 11.2. The molecule has 0 saturated heterocycles. The summed E-state index contributed by atoms with van der Waals surface area (Å²) in [5, 5.41) is 2.73. The summed E-state index contributed by atoms with van der Waals surface area (Å²) in [4.78, 5) is 4.93. The molecule has 0 saturated carbocycles. The molecule has 1 unspecified atom stereocenters. The highest BCUT2D eigenvalue weighted by Gasteiger charge is 2.28. The number of rotatable bonds is 4. The molecule has 0 aliphatic carbocycles. The van der Waals surface area contributed by atoms with Gasteiger partial charge in [-0.3, -0.25) is 0 Å². The van der Waals surface area contributed by atoms with Crippen LogP contribution < -0.4 is 10.6 Å². The van der Waals surface area contributed by atoms with Crippen molar-refractivity contribution in [1.29, 1.82) is 0 Å². The van der Waals surface area contributed by atoms with E-state index >= 15 is 0 Å². The van der Waals surface area contributed by atoms with Gasteiger partial charge in [0.15, 0.2) is 0 Å². The SMILES string of the molecule is CN1c2ccc(SCc3ccccc3)c3c(N)ccc(c23)SC1c1ccccc1. The normalized spacial score (nSPS) is 15.6. The van der Waals surface area contributed by atoms with Crippen molar-refractivity contribution >= 4 is 45.7 Å². The van der Waals surface area contributed by atoms with Crippen molar-refractivity contribution in [2.24, 2.45) is 0 Å². The molecule has 2 nitrogen and oxygen atoms in total. The summed E-state index contributed by atoms with van der Waals surface area (Å²) < 4.78 is 0. The van der Waals surface area contributed by atoms with Crippen LogP contribution in [0.4, 0.5) is 11.4 Å². The van der Waals surface area contributed by atoms with E-state index in [0.29, 0.717) is 0 Å². The second-order valence-electron chi connectivity index (χ2n) is 7.25. The second-order valence-corrected chi connectivity index (χ2v) is 9.39. The number of benzene rings is 4. The molecule has 1 atom stereocenters. The van der Waals surface area contributed by atoms with E-state index in [1.165, 1.54) is 37.4 Å². The lowest BCUT2D eigenvalue weighted by Gasteiger charge is -2.36. The summed E-state index contributed by atoms with van der Waals surface area (Å²) >= 11 is 3.76. The summed E-state index contributed by atoms with van der Waals surface area (Å²) in [6.45, 7) is 0. The third-order valence-electron chi connectivity index (χ3n) is 5.39. The molecule has 0 bridgehead atoms. The molecule has 0 aromatic heterocycles. The minimum Gasteiger partial charge on any atom is -0.398 e. The van der Waals surface area contributed by atoms with Gasteiger partial charge in [0.25, 0.3) is 0 Å². The Morgan fingerprint density at radius 3 is 2.34 bits per heavy atom. The number of anilines is 2. The van der Waals surface area contributed by atoms with Gasteiger partial charge in [-0.25, -0.2) is 0 Å². The number of nitrogens with two attached hydrogens (primary N) is 1. The smallest absolute Gasteiger partial charge is 0.105 e. The molecule has 2 N–H and O–H groups in total. The van der Waals surface area contributed by atoms with E-state index in [2.05, 4.69) is 96.9 Å². The van der Waals surface area contributed by atoms with Gasteiger partial charge in [-0.05, 0) is 35.4 Å². The van der Waals surface area contributed by atoms with Crippen LogP contribution in [0.3, 0.4) is 0 Å². The lowest BCUT2D eigenvalue weighted by Crippen LogP contribution is -2.24. The van der Waals surface area contributed by atoms with Crippen LogP contribution in [-0.4, -0.2) is 7.05 Å². The Labute approximate surface area is 180 Å². The van der Waals surface area contributed by atoms with Gasteiger partial charge in [-0.15, -0.1) is 11.8 Å². The summed E-state index contributed by atoms with van der Waals surface area (Å²) in [5.74, 6) is 0.939. The van der Waals surface area contributed by atoms with Crippen LogP contribution in [-0.2, 0) is 5.75 Å². The van der Waals surface area contributed by atoms with Gasteiger partial charge in [0, 0.05) is 44.7 Å². The van der Waals surface area contributed by atoms with Crippen molar-refractivity contribution in [2.45, 2.75) is 20.9 Å². The molecule has 1 aliphatic rings. The Hall–Kier alpha value is -2.56. The summed E-state index contributed by atoms with van der Waals surface area (Å²) in [7, 11) is 2.18. The first-order valence-corrected chi connectivity index (χ1v) is 11.6. The van der Waals surface area contributed by atoms with Crippen LogP contribution in [0, 0.1) is 0 Å². The van der Waals surface area contributed by atoms with E-state index < -0.39 is 0 Å². The fourth-order valence-corrected chi connectivity index (χ4v) is 6.24. The van der Waals surface area contributed by atoms with Crippen LogP contribution in [0.5, 0.6) is 0 Å². The number of hydrogen-bond donors (Lipinski definition) is 1. The first-order valence-electron chi connectivity index (χ1n) is 9.69. The first kappa shape index (κ1) is 18.5. The van der Waals surface area contributed by atoms with Gasteiger partial charge < -0.3 is 10.6 Å². The highest BCUT2D eigenvalue weighted by Crippen LogP contribution is 2.52. The van der Waals surface area contributed by atoms with Crippen molar-refractivity contribution in [3.05, 3.63) is 96.1 Å². The molecular formula is C25H22N2S2. The van der Waals surface area contributed by atoms with Crippen molar-refractivity contribution in [3.8, 4) is 0 Å². The van der Waals surface area contributed by atoms with Crippen molar-refractivity contribution in [2.75, 3.05) is 17.7 Å². The van der Waals surface area contributed by atoms with Crippen LogP contribution in [0.25, 0.3) is 10.8 Å². The average molecular weight is 415 g/mol. The Kier molecular flexibility index (Phi) is 4.90. The number of nitrogens with zero attached hydrogens (tertiary/aromatic N) is 1. The van der Waals surface area contributed by atoms with Crippen LogP contribution in [0.15, 0.2) is 94.7 Å². The van der Waals surface area contributed by atoms with Crippen LogP contribution in [0.1, 0.15) is 16.5 Å². The Morgan fingerprint density at radius 1 is 0.862 bits per heavy atom. The predicted octanol–water partition coefficient (Wildman–Crippen LogP) is 6.96. The molecule has 1 heterocycles. The van der Waals surface area contributed by atoms with E-state index in [-0.39, 0.29) is 5.37 Å². The quantitative estimate of drug-likeness (QED) is 0.289. The third-order valence-corrected chi connectivity index (χ3v) is 7.92. The molecule has 4 aromatic rings. The molecule has 29 heavy (non-hydrogen) atoms. The average Bonchev–Trinajstić information content (AvgIpc) is 2.77. The van der Waals surface area contributed by atoms with Crippen molar-refractivity contribution < 1.29 is 0 Å². The van der Waals surface area contributed by atoms with E-state index in [0.717, 1.165) is 11.4 Å². The zero-order valence-electron chi connectivity index (χ0n) is 16.2. The van der Waals surface area contributed by atoms with E-state index in [1.54, 1.807) is 0 Å². The fraction of sp³-hybridized carbons (Fsp3) is 0.120. The maximum absolute atomic E-state index is 6.49. The predicted molar refractivity (Wildman–Crippen MR) is 128 cm³/mol. The summed E-state index contributed by atoms with van der Waals surface area (Å²) in [6.07, 6.45) is 0. The first-order chi connectivity index (χ1) is 14.2. The molecule has 5 rings (SSSR count). The fourth-order valence-electron chi connectivity index (χ4n) is 3.92. The highest BCUT2D eigenvalue weighted by molar-refractivity contribution is 8.00. The van der Waals surface area contributed by atoms with Gasteiger partial charge in [-0.1, -0.05) is 72.4 Å². The molecule has 1 aliphatic heterocycles. The maximum atomic E-state index is 6.49. The molecule has 4 aromatic carbocycles. The number of nitrogen functional groups attached to an aromatic ring is 1. The highest BCUT2D eigenvalue weighted by atomic mass is 32.2. The largest absolute Gasteiger partial charge is 0.398 e. The Morgan fingerprint density at radius 2 is 1.59 bits per heavy atom. The molecule has 0 spiro atoms. The Balaban J connectivity index is 1.57. The molecule has 0 fully saturated rings. The maximum Gasteiger partial charge on any atom is 0.105 e. The topological polar surface area (TPSA) is 29.3 Å². The van der Waals surface area contributed by atoms with Gasteiger partial charge in [0.05, 0.1) is 0 Å². The molecule has 4 heteroatoms. The third kappa shape index (κ3) is 3.37. The molecule has 0 radical (unpaired) electrons. The molecule has 0 amide bonds. The molecular weight excluding hydrogens is 392 g/mol. The van der Waals surface area contributed by atoms with Crippen molar-refractivity contribution in [3.63, 3.8) is 0 Å². The van der Waals surface area contributed by atoms with Crippen LogP contribution in [0.2, 0.25) is 0 Å². The standard InChI is InChI=1S/C25H22N2S2/c1-27-20-13-15-21(28-16-17-8-4-2-5-9-17)23-19(26)12-14-22(24(20)23)29-25(27)18-10-6-3-7-11-18/h2-15,25H,16,26H2,1H3. The number of hydrogen-bond acceptors (Lipinski definition) is 4. The van der Waals surface area contributed by atoms with E-state index in [1.807, 2.05) is 23.5 Å². The minimum atomic E-state index is 0.262. The summed E-state index contributed by atoms with van der Waals surface area (Å²) in [6, 6.07) is 30.0. The lowest BCUT2D eigenvalue weighted by atomic mass is 10.0. The van der Waals surface area contributed by atoms with Gasteiger partial charge in [0.1, 0.15) is 5.37 Å². The van der Waals surface area contributed by atoms with Gasteiger partial charge in [-0.2, -0.15) is 0 Å². The minimum absolute atomic E-state index is 0.262. The monoisotopic (exact) mass is 414 g/mol. The Bertz CT molecular complexity index is 1160. The van der Waals surface area contributed by atoms with Crippen molar-refractivity contribution in [1.82, 2.24) is 0 Å². The van der Waals surface area contributed by atoms with Gasteiger partial charge >= 0.3 is 0 Å². The van der Waals surface area contributed by atoms with Gasteiger partial charge in [0.2, 0.25) is 0 Å². The zero-order valence-corrected chi connectivity index (χ0v) is 17.8. The van der Waals surface area contributed by atoms with Crippen LogP contribution >= 0.6 is 23.5 Å². The lowest BCUT2D eigenvalue weighted by molar-refractivity contribution is 0.893. The molecule has 144 valence electrons. The second kappa shape index (κ2) is 7.69. The van der Waals surface area contributed by atoms with E-state index in [4.69, 9.17) is 5.73 Å². The van der Waals surface area contributed by atoms with E-state index in [9.17, 15) is 0 Å².